The Morgan fingerprint density at radius 3 is 2.03 bits per heavy atom. The van der Waals surface area contributed by atoms with Gasteiger partial charge in [0.2, 0.25) is 15.9 Å². The Hall–Kier alpha value is -2.22. The first-order valence-corrected chi connectivity index (χ1v) is 13.4. The largest absolute Gasteiger partial charge is 0.348 e. The lowest BCUT2D eigenvalue weighted by Gasteiger charge is -2.33. The number of nitrogens with one attached hydrogen (secondary N) is 1. The fourth-order valence-corrected chi connectivity index (χ4v) is 5.52. The third kappa shape index (κ3) is 6.43. The molecule has 6 nitrogen and oxygen atoms in total. The van der Waals surface area contributed by atoms with E-state index in [9.17, 15) is 13.2 Å². The number of nitrogens with zero attached hydrogens (tertiary/aromatic N) is 2. The lowest BCUT2D eigenvalue weighted by atomic mass is 9.99. The zero-order chi connectivity index (χ0) is 24.0. The summed E-state index contributed by atoms with van der Waals surface area (Å²) in [4.78, 5) is 14.9. The van der Waals surface area contributed by atoms with Gasteiger partial charge in [-0.25, -0.2) is 8.42 Å². The summed E-state index contributed by atoms with van der Waals surface area (Å²) in [7, 11) is -3.52. The van der Waals surface area contributed by atoms with Crippen LogP contribution in [-0.2, 0) is 21.2 Å². The van der Waals surface area contributed by atoms with E-state index in [0.29, 0.717) is 37.0 Å². The summed E-state index contributed by atoms with van der Waals surface area (Å²) < 4.78 is 27.6. The number of carbonyl (C=O) groups is 1. The molecule has 0 bridgehead atoms. The molecule has 1 aliphatic rings. The molecule has 1 amide bonds. The fraction of sp³-hybridized carbons (Fsp3) is 0.500. The van der Waals surface area contributed by atoms with Crippen molar-refractivity contribution in [2.75, 3.05) is 32.7 Å². The van der Waals surface area contributed by atoms with Crippen molar-refractivity contribution in [3.63, 3.8) is 0 Å². The van der Waals surface area contributed by atoms with Crippen molar-refractivity contribution < 1.29 is 13.2 Å². The molecule has 180 valence electrons. The van der Waals surface area contributed by atoms with Gasteiger partial charge in [-0.1, -0.05) is 57.2 Å². The van der Waals surface area contributed by atoms with Crippen LogP contribution >= 0.6 is 0 Å². The number of benzene rings is 2. The molecule has 2 aromatic carbocycles. The molecule has 33 heavy (non-hydrogen) atoms. The quantitative estimate of drug-likeness (QED) is 0.601. The SMILES string of the molecule is CCc1ccc([C@H](C)NC(=O)CN2CCN(S(=O)(=O)c3ccc([C@@H](C)CC)cc3)CC2)cc1. The zero-order valence-corrected chi connectivity index (χ0v) is 21.1. The summed E-state index contributed by atoms with van der Waals surface area (Å²) in [6.45, 7) is 10.5. The minimum atomic E-state index is -3.52. The molecule has 1 saturated heterocycles. The average molecular weight is 472 g/mol. The second kappa shape index (κ2) is 11.3. The molecule has 3 rings (SSSR count). The molecular formula is C26H37N3O3S. The van der Waals surface area contributed by atoms with Gasteiger partial charge < -0.3 is 5.32 Å². The Morgan fingerprint density at radius 1 is 0.909 bits per heavy atom. The van der Waals surface area contributed by atoms with E-state index in [1.54, 1.807) is 12.1 Å². The summed E-state index contributed by atoms with van der Waals surface area (Å²) in [6.07, 6.45) is 2.01. The number of amides is 1. The van der Waals surface area contributed by atoms with Crippen LogP contribution < -0.4 is 5.32 Å². The van der Waals surface area contributed by atoms with E-state index in [4.69, 9.17) is 0 Å². The van der Waals surface area contributed by atoms with Gasteiger partial charge in [0, 0.05) is 26.2 Å². The highest BCUT2D eigenvalue weighted by Gasteiger charge is 2.29. The van der Waals surface area contributed by atoms with Crippen LogP contribution in [-0.4, -0.2) is 56.3 Å². The fourth-order valence-electron chi connectivity index (χ4n) is 4.10. The van der Waals surface area contributed by atoms with Gasteiger partial charge in [0.1, 0.15) is 0 Å². The Morgan fingerprint density at radius 2 is 1.48 bits per heavy atom. The summed E-state index contributed by atoms with van der Waals surface area (Å²) in [5, 5.41) is 3.05. The molecule has 0 unspecified atom stereocenters. The molecule has 2 aromatic rings. The monoisotopic (exact) mass is 471 g/mol. The van der Waals surface area contributed by atoms with E-state index >= 15 is 0 Å². The number of hydrogen-bond acceptors (Lipinski definition) is 4. The highest BCUT2D eigenvalue weighted by Crippen LogP contribution is 2.23. The lowest BCUT2D eigenvalue weighted by molar-refractivity contribution is -0.123. The van der Waals surface area contributed by atoms with Gasteiger partial charge in [0.05, 0.1) is 17.5 Å². The molecule has 1 fully saturated rings. The smallest absolute Gasteiger partial charge is 0.243 e. The van der Waals surface area contributed by atoms with Crippen molar-refractivity contribution >= 4 is 15.9 Å². The van der Waals surface area contributed by atoms with Crippen LogP contribution in [0.25, 0.3) is 0 Å². The second-order valence-electron chi connectivity index (χ2n) is 8.94. The van der Waals surface area contributed by atoms with Crippen LogP contribution in [0.2, 0.25) is 0 Å². The van der Waals surface area contributed by atoms with Gasteiger partial charge in [-0.05, 0) is 54.5 Å². The zero-order valence-electron chi connectivity index (χ0n) is 20.3. The molecule has 1 N–H and O–H groups in total. The number of rotatable bonds is 9. The molecule has 1 aliphatic heterocycles. The molecule has 0 radical (unpaired) electrons. The van der Waals surface area contributed by atoms with Crippen LogP contribution in [0.4, 0.5) is 0 Å². The predicted molar refractivity (Wildman–Crippen MR) is 133 cm³/mol. The molecule has 0 spiro atoms. The topological polar surface area (TPSA) is 69.7 Å². The highest BCUT2D eigenvalue weighted by molar-refractivity contribution is 7.89. The third-order valence-electron chi connectivity index (χ3n) is 6.66. The standard InChI is InChI=1S/C26H37N3O3S/c1-5-20(3)23-11-13-25(14-12-23)33(31,32)29-17-15-28(16-18-29)19-26(30)27-21(4)24-9-7-22(6-2)8-10-24/h7-14,20-21H,5-6,15-19H2,1-4H3,(H,27,30)/t20-,21-/m0/s1. The maximum absolute atomic E-state index is 13.0. The Bertz CT molecular complexity index is 1010. The maximum Gasteiger partial charge on any atom is 0.243 e. The van der Waals surface area contributed by atoms with Crippen LogP contribution in [0.5, 0.6) is 0 Å². The molecule has 7 heteroatoms. The van der Waals surface area contributed by atoms with Gasteiger partial charge in [-0.3, -0.25) is 9.69 Å². The minimum Gasteiger partial charge on any atom is -0.348 e. The Kier molecular flexibility index (Phi) is 8.68. The third-order valence-corrected chi connectivity index (χ3v) is 8.58. The molecule has 0 saturated carbocycles. The van der Waals surface area contributed by atoms with Crippen LogP contribution in [0.1, 0.15) is 62.8 Å². The van der Waals surface area contributed by atoms with Crippen LogP contribution in [0.15, 0.2) is 53.4 Å². The van der Waals surface area contributed by atoms with Crippen molar-refractivity contribution in [2.45, 2.75) is 57.4 Å². The number of carbonyl (C=O) groups excluding carboxylic acids is 1. The van der Waals surface area contributed by atoms with Crippen molar-refractivity contribution in [3.05, 3.63) is 65.2 Å². The van der Waals surface area contributed by atoms with E-state index in [1.165, 1.54) is 9.87 Å². The van der Waals surface area contributed by atoms with Crippen molar-refractivity contribution in [3.8, 4) is 0 Å². The van der Waals surface area contributed by atoms with E-state index in [1.807, 2.05) is 24.0 Å². The minimum absolute atomic E-state index is 0.0426. The molecule has 1 heterocycles. The van der Waals surface area contributed by atoms with Crippen LogP contribution in [0, 0.1) is 0 Å². The first-order chi connectivity index (χ1) is 15.7. The first-order valence-electron chi connectivity index (χ1n) is 11.9. The van der Waals surface area contributed by atoms with Gasteiger partial charge in [0.25, 0.3) is 0 Å². The summed E-state index contributed by atoms with van der Waals surface area (Å²) in [5.41, 5.74) is 3.51. The van der Waals surface area contributed by atoms with E-state index in [0.717, 1.165) is 24.0 Å². The van der Waals surface area contributed by atoms with E-state index < -0.39 is 10.0 Å². The van der Waals surface area contributed by atoms with Crippen molar-refractivity contribution in [1.82, 2.24) is 14.5 Å². The summed E-state index contributed by atoms with van der Waals surface area (Å²) in [5.74, 6) is 0.369. The summed E-state index contributed by atoms with van der Waals surface area (Å²) in [6, 6.07) is 15.5. The predicted octanol–water partition coefficient (Wildman–Crippen LogP) is 3.95. The van der Waals surface area contributed by atoms with E-state index in [-0.39, 0.29) is 18.5 Å². The number of aryl methyl sites for hydroxylation is 1. The Balaban J connectivity index is 1.50. The highest BCUT2D eigenvalue weighted by atomic mass is 32.2. The lowest BCUT2D eigenvalue weighted by Crippen LogP contribution is -2.51. The number of hydrogen-bond donors (Lipinski definition) is 1. The maximum atomic E-state index is 13.0. The Labute approximate surface area is 199 Å². The van der Waals surface area contributed by atoms with Crippen molar-refractivity contribution in [1.29, 1.82) is 0 Å². The molecule has 2 atom stereocenters. The average Bonchev–Trinajstić information content (AvgIpc) is 2.83. The van der Waals surface area contributed by atoms with Gasteiger partial charge in [0.15, 0.2) is 0 Å². The second-order valence-corrected chi connectivity index (χ2v) is 10.9. The molecule has 0 aliphatic carbocycles. The number of sulfonamides is 1. The van der Waals surface area contributed by atoms with Crippen LogP contribution in [0.3, 0.4) is 0 Å². The van der Waals surface area contributed by atoms with Crippen molar-refractivity contribution in [2.24, 2.45) is 0 Å². The molecule has 0 aromatic heterocycles. The summed E-state index contributed by atoms with van der Waals surface area (Å²) >= 11 is 0. The van der Waals surface area contributed by atoms with Gasteiger partial charge >= 0.3 is 0 Å². The van der Waals surface area contributed by atoms with E-state index in [2.05, 4.69) is 50.4 Å². The molecular weight excluding hydrogens is 434 g/mol. The van der Waals surface area contributed by atoms with Gasteiger partial charge in [-0.2, -0.15) is 4.31 Å². The first kappa shape index (κ1) is 25.4. The normalized spacial score (nSPS) is 17.5. The van der Waals surface area contributed by atoms with Gasteiger partial charge in [-0.15, -0.1) is 0 Å². The number of piperazine rings is 1.